The van der Waals surface area contributed by atoms with Crippen LogP contribution in [0.2, 0.25) is 0 Å². The van der Waals surface area contributed by atoms with Crippen LogP contribution in [0.1, 0.15) is 11.6 Å². The molecule has 14 heavy (non-hydrogen) atoms. The number of hydrogen-bond acceptors (Lipinski definition) is 2. The minimum atomic E-state index is 0. The van der Waals surface area contributed by atoms with E-state index in [1.807, 2.05) is 6.07 Å². The van der Waals surface area contributed by atoms with E-state index in [-0.39, 0.29) is 12.4 Å². The number of ether oxygens (including phenoxy) is 1. The maximum absolute atomic E-state index is 5.41. The van der Waals surface area contributed by atoms with Crippen molar-refractivity contribution >= 4 is 28.3 Å². The van der Waals surface area contributed by atoms with E-state index in [1.54, 1.807) is 0 Å². The summed E-state index contributed by atoms with van der Waals surface area (Å²) in [5.41, 5.74) is 1.28. The van der Waals surface area contributed by atoms with E-state index < -0.39 is 0 Å². The molecule has 0 bridgehead atoms. The summed E-state index contributed by atoms with van der Waals surface area (Å²) in [6, 6.07) is 8.60. The molecule has 0 aromatic heterocycles. The second-order valence-corrected chi connectivity index (χ2v) is 3.96. The Morgan fingerprint density at radius 3 is 2.79 bits per heavy atom. The highest BCUT2D eigenvalue weighted by molar-refractivity contribution is 9.10. The molecule has 4 heteroatoms. The van der Waals surface area contributed by atoms with Gasteiger partial charge in [-0.25, -0.2) is 0 Å². The molecule has 1 heterocycles. The van der Waals surface area contributed by atoms with Crippen LogP contribution in [-0.2, 0) is 4.74 Å². The molecule has 1 aromatic rings. The highest BCUT2D eigenvalue weighted by Crippen LogP contribution is 2.24. The first-order valence-corrected chi connectivity index (χ1v) is 5.23. The zero-order chi connectivity index (χ0) is 9.10. The molecule has 1 atom stereocenters. The SMILES string of the molecule is Brc1ccccc1[C@@H]1COCCN1.Cl. The van der Waals surface area contributed by atoms with Crippen molar-refractivity contribution in [2.75, 3.05) is 19.8 Å². The number of nitrogens with one attached hydrogen (secondary N) is 1. The lowest BCUT2D eigenvalue weighted by Gasteiger charge is -2.24. The second kappa shape index (κ2) is 5.71. The minimum Gasteiger partial charge on any atom is -0.378 e. The smallest absolute Gasteiger partial charge is 0.0662 e. The first kappa shape index (κ1) is 12.0. The minimum absolute atomic E-state index is 0. The fourth-order valence-corrected chi connectivity index (χ4v) is 2.08. The number of morpholine rings is 1. The van der Waals surface area contributed by atoms with Gasteiger partial charge in [-0.3, -0.25) is 0 Å². The highest BCUT2D eigenvalue weighted by atomic mass is 79.9. The third kappa shape index (κ3) is 2.70. The van der Waals surface area contributed by atoms with Gasteiger partial charge in [0.1, 0.15) is 0 Å². The number of rotatable bonds is 1. The summed E-state index contributed by atoms with van der Waals surface area (Å²) in [7, 11) is 0. The van der Waals surface area contributed by atoms with E-state index in [0.29, 0.717) is 6.04 Å². The lowest BCUT2D eigenvalue weighted by Crippen LogP contribution is -2.34. The number of benzene rings is 1. The summed E-state index contributed by atoms with van der Waals surface area (Å²) < 4.78 is 6.56. The van der Waals surface area contributed by atoms with Crippen molar-refractivity contribution in [3.63, 3.8) is 0 Å². The maximum atomic E-state index is 5.41. The number of halogens is 2. The summed E-state index contributed by atoms with van der Waals surface area (Å²) >= 11 is 3.54. The van der Waals surface area contributed by atoms with Gasteiger partial charge in [0.15, 0.2) is 0 Å². The molecular formula is C10H13BrClNO. The average molecular weight is 279 g/mol. The van der Waals surface area contributed by atoms with Gasteiger partial charge >= 0.3 is 0 Å². The molecule has 0 saturated carbocycles. The molecule has 2 nitrogen and oxygen atoms in total. The van der Waals surface area contributed by atoms with Crippen molar-refractivity contribution in [2.45, 2.75) is 6.04 Å². The van der Waals surface area contributed by atoms with Crippen molar-refractivity contribution in [1.82, 2.24) is 5.32 Å². The third-order valence-corrected chi connectivity index (χ3v) is 2.92. The zero-order valence-corrected chi connectivity index (χ0v) is 10.1. The molecule has 0 spiro atoms. The molecular weight excluding hydrogens is 265 g/mol. The summed E-state index contributed by atoms with van der Waals surface area (Å²) in [5.74, 6) is 0. The van der Waals surface area contributed by atoms with Gasteiger partial charge in [0, 0.05) is 11.0 Å². The van der Waals surface area contributed by atoms with E-state index in [2.05, 4.69) is 39.4 Å². The van der Waals surface area contributed by atoms with E-state index in [4.69, 9.17) is 4.74 Å². The van der Waals surface area contributed by atoms with Crippen molar-refractivity contribution in [1.29, 1.82) is 0 Å². The van der Waals surface area contributed by atoms with Gasteiger partial charge < -0.3 is 10.1 Å². The monoisotopic (exact) mass is 277 g/mol. The predicted molar refractivity (Wildman–Crippen MR) is 63.0 cm³/mol. The summed E-state index contributed by atoms with van der Waals surface area (Å²) in [5, 5.41) is 3.42. The molecule has 1 fully saturated rings. The molecule has 1 aliphatic heterocycles. The first-order chi connectivity index (χ1) is 6.38. The van der Waals surface area contributed by atoms with Crippen LogP contribution in [0.15, 0.2) is 28.7 Å². The maximum Gasteiger partial charge on any atom is 0.0662 e. The van der Waals surface area contributed by atoms with E-state index >= 15 is 0 Å². The molecule has 2 rings (SSSR count). The van der Waals surface area contributed by atoms with Gasteiger partial charge in [-0.05, 0) is 11.6 Å². The summed E-state index contributed by atoms with van der Waals surface area (Å²) in [6.07, 6.45) is 0. The van der Waals surface area contributed by atoms with Crippen LogP contribution >= 0.6 is 28.3 Å². The molecule has 0 aliphatic carbocycles. The van der Waals surface area contributed by atoms with Gasteiger partial charge in [0.2, 0.25) is 0 Å². The Labute approximate surface area is 98.6 Å². The normalized spacial score (nSPS) is 21.4. The lowest BCUT2D eigenvalue weighted by atomic mass is 10.1. The molecule has 1 saturated heterocycles. The molecule has 0 unspecified atom stereocenters. The molecule has 0 radical (unpaired) electrons. The summed E-state index contributed by atoms with van der Waals surface area (Å²) in [4.78, 5) is 0. The average Bonchev–Trinajstić information content (AvgIpc) is 2.20. The fourth-order valence-electron chi connectivity index (χ4n) is 1.52. The standard InChI is InChI=1S/C10H12BrNO.ClH/c11-9-4-2-1-3-8(9)10-7-13-6-5-12-10;/h1-4,10,12H,5-7H2;1H/t10-;/m0./s1. The Bertz CT molecular complexity index is 289. The van der Waals surface area contributed by atoms with Gasteiger partial charge in [-0.15, -0.1) is 12.4 Å². The van der Waals surface area contributed by atoms with Crippen LogP contribution in [0.5, 0.6) is 0 Å². The molecule has 0 amide bonds. The molecule has 1 aromatic carbocycles. The fraction of sp³-hybridized carbons (Fsp3) is 0.400. The molecule has 1 aliphatic rings. The van der Waals surface area contributed by atoms with Gasteiger partial charge in [-0.1, -0.05) is 34.1 Å². The van der Waals surface area contributed by atoms with E-state index in [9.17, 15) is 0 Å². The first-order valence-electron chi connectivity index (χ1n) is 4.43. The zero-order valence-electron chi connectivity index (χ0n) is 7.70. The van der Waals surface area contributed by atoms with Crippen LogP contribution in [0, 0.1) is 0 Å². The van der Waals surface area contributed by atoms with E-state index in [1.165, 1.54) is 5.56 Å². The highest BCUT2D eigenvalue weighted by Gasteiger charge is 2.16. The van der Waals surface area contributed by atoms with Crippen LogP contribution in [0.25, 0.3) is 0 Å². The van der Waals surface area contributed by atoms with Crippen molar-refractivity contribution in [3.05, 3.63) is 34.3 Å². The second-order valence-electron chi connectivity index (χ2n) is 3.10. The third-order valence-electron chi connectivity index (χ3n) is 2.20. The van der Waals surface area contributed by atoms with Crippen molar-refractivity contribution < 1.29 is 4.74 Å². The Kier molecular flexibility index (Phi) is 4.89. The largest absolute Gasteiger partial charge is 0.378 e. The summed E-state index contributed by atoms with van der Waals surface area (Å²) in [6.45, 7) is 2.52. The van der Waals surface area contributed by atoms with Crippen LogP contribution in [0.4, 0.5) is 0 Å². The predicted octanol–water partition coefficient (Wildman–Crippen LogP) is 2.53. The van der Waals surface area contributed by atoms with Gasteiger partial charge in [0.05, 0.1) is 19.3 Å². The van der Waals surface area contributed by atoms with Crippen molar-refractivity contribution in [3.8, 4) is 0 Å². The topological polar surface area (TPSA) is 21.3 Å². The quantitative estimate of drug-likeness (QED) is 0.852. The Morgan fingerprint density at radius 1 is 1.36 bits per heavy atom. The molecule has 78 valence electrons. The number of hydrogen-bond donors (Lipinski definition) is 1. The Balaban J connectivity index is 0.000000980. The molecule has 1 N–H and O–H groups in total. The Hall–Kier alpha value is -0.0900. The van der Waals surface area contributed by atoms with Crippen LogP contribution in [-0.4, -0.2) is 19.8 Å². The van der Waals surface area contributed by atoms with Crippen LogP contribution in [0.3, 0.4) is 0 Å². The lowest BCUT2D eigenvalue weighted by molar-refractivity contribution is 0.0767. The Morgan fingerprint density at radius 2 is 2.14 bits per heavy atom. The van der Waals surface area contributed by atoms with Gasteiger partial charge in [-0.2, -0.15) is 0 Å². The van der Waals surface area contributed by atoms with Gasteiger partial charge in [0.25, 0.3) is 0 Å². The van der Waals surface area contributed by atoms with Crippen LogP contribution < -0.4 is 5.32 Å². The van der Waals surface area contributed by atoms with Crippen molar-refractivity contribution in [2.24, 2.45) is 0 Å². The van der Waals surface area contributed by atoms with E-state index in [0.717, 1.165) is 24.2 Å².